The summed E-state index contributed by atoms with van der Waals surface area (Å²) in [6.07, 6.45) is 0. The Bertz CT molecular complexity index is 973. The van der Waals surface area contributed by atoms with E-state index >= 15 is 0 Å². The van der Waals surface area contributed by atoms with E-state index in [2.05, 4.69) is 0 Å². The van der Waals surface area contributed by atoms with Crippen LogP contribution in [0, 0.1) is 10.1 Å². The molecule has 4 N–H and O–H groups in total. The summed E-state index contributed by atoms with van der Waals surface area (Å²) in [7, 11) is -7.70. The summed E-state index contributed by atoms with van der Waals surface area (Å²) in [5.74, 6) is -0.478. The zero-order chi connectivity index (χ0) is 20.0. The third-order valence-corrected chi connectivity index (χ3v) is 5.52. The molecule has 0 aromatic heterocycles. The van der Waals surface area contributed by atoms with Crippen molar-refractivity contribution in [3.05, 3.63) is 58.6 Å². The van der Waals surface area contributed by atoms with Gasteiger partial charge in [0.1, 0.15) is 5.69 Å². The van der Waals surface area contributed by atoms with E-state index in [9.17, 15) is 26.9 Å². The normalized spacial score (nSPS) is 11.3. The number of benzene rings is 2. The van der Waals surface area contributed by atoms with Crippen molar-refractivity contribution in [2.24, 2.45) is 0 Å². The molecule has 10 nitrogen and oxygen atoms in total. The molecule has 0 saturated carbocycles. The fourth-order valence-electron chi connectivity index (χ4n) is 1.71. The van der Waals surface area contributed by atoms with E-state index in [1.54, 1.807) is 18.2 Å². The number of aliphatic hydroxyl groups is 1. The molecule has 0 fully saturated rings. The van der Waals surface area contributed by atoms with Crippen LogP contribution in [0.25, 0.3) is 0 Å². The number of nitro groups is 1. The van der Waals surface area contributed by atoms with Gasteiger partial charge in [0.15, 0.2) is 9.84 Å². The zero-order valence-corrected chi connectivity index (χ0v) is 14.9. The van der Waals surface area contributed by atoms with Gasteiger partial charge in [-0.2, -0.15) is 8.42 Å². The van der Waals surface area contributed by atoms with Crippen LogP contribution in [-0.2, 0) is 20.0 Å². The van der Waals surface area contributed by atoms with Crippen molar-refractivity contribution in [3.63, 3.8) is 0 Å². The Morgan fingerprint density at radius 2 is 1.58 bits per heavy atom. The van der Waals surface area contributed by atoms with Crippen LogP contribution in [0.2, 0.25) is 0 Å². The molecule has 26 heavy (non-hydrogen) atoms. The highest BCUT2D eigenvalue weighted by Gasteiger charge is 2.19. The molecule has 0 heterocycles. The summed E-state index contributed by atoms with van der Waals surface area (Å²) in [6, 6.07) is 10.6. The lowest BCUT2D eigenvalue weighted by atomic mass is 10.3. The van der Waals surface area contributed by atoms with Crippen LogP contribution >= 0.6 is 0 Å². The number of hydrogen-bond acceptors (Lipinski definition) is 8. The van der Waals surface area contributed by atoms with Crippen molar-refractivity contribution >= 4 is 31.3 Å². The highest BCUT2D eigenvalue weighted by atomic mass is 32.2. The quantitative estimate of drug-likeness (QED) is 0.282. The van der Waals surface area contributed by atoms with E-state index in [1.807, 2.05) is 0 Å². The first kappa shape index (κ1) is 21.5. The number of nitrogens with zero attached hydrogens (tertiary/aromatic N) is 1. The maximum absolute atomic E-state index is 11.5. The van der Waals surface area contributed by atoms with Crippen molar-refractivity contribution in [1.29, 1.82) is 0 Å². The minimum atomic E-state index is -4.00. The Balaban J connectivity index is 0.000000289. The van der Waals surface area contributed by atoms with Crippen LogP contribution in [0.1, 0.15) is 0 Å². The standard InChI is InChI=1S/C8H10N2O5S.C6H6O3S/c9-7-2-1-6(5-8(7)10(12)13)16(14,15)4-3-11;7-10(8,9)6-4-2-1-3-5-6/h1-2,5,11H,3-4,9H2;1-5H,(H,7,8,9). The maximum Gasteiger partial charge on any atom is 0.294 e. The number of nitrogens with two attached hydrogens (primary N) is 1. The molecule has 0 bridgehead atoms. The van der Waals surface area contributed by atoms with Gasteiger partial charge in [-0.15, -0.1) is 0 Å². The summed E-state index contributed by atoms with van der Waals surface area (Å²) in [5, 5.41) is 19.1. The lowest BCUT2D eigenvalue weighted by Crippen LogP contribution is -2.10. The molecule has 2 aromatic carbocycles. The van der Waals surface area contributed by atoms with Gasteiger partial charge in [0.25, 0.3) is 15.8 Å². The van der Waals surface area contributed by atoms with Gasteiger partial charge in [-0.25, -0.2) is 8.42 Å². The summed E-state index contributed by atoms with van der Waals surface area (Å²) in [5.41, 5.74) is 4.76. The Kier molecular flexibility index (Phi) is 7.20. The Morgan fingerprint density at radius 1 is 1.00 bits per heavy atom. The first-order chi connectivity index (χ1) is 12.0. The van der Waals surface area contributed by atoms with Crippen molar-refractivity contribution in [2.45, 2.75) is 9.79 Å². The first-order valence-corrected chi connectivity index (χ1v) is 9.98. The third-order valence-electron chi connectivity index (χ3n) is 2.96. The molecule has 0 saturated heterocycles. The van der Waals surface area contributed by atoms with Crippen molar-refractivity contribution in [3.8, 4) is 0 Å². The van der Waals surface area contributed by atoms with Crippen LogP contribution < -0.4 is 5.73 Å². The lowest BCUT2D eigenvalue weighted by Gasteiger charge is -2.03. The molecule has 0 spiro atoms. The number of anilines is 1. The monoisotopic (exact) mass is 404 g/mol. The van der Waals surface area contributed by atoms with Gasteiger partial charge in [0.05, 0.1) is 27.1 Å². The van der Waals surface area contributed by atoms with Crippen molar-refractivity contribution < 1.29 is 31.4 Å². The summed E-state index contributed by atoms with van der Waals surface area (Å²) >= 11 is 0. The average Bonchev–Trinajstić information content (AvgIpc) is 2.55. The molecule has 142 valence electrons. The molecular weight excluding hydrogens is 388 g/mol. The number of hydrogen-bond donors (Lipinski definition) is 3. The topological polar surface area (TPSA) is 178 Å². The minimum absolute atomic E-state index is 0.0741. The van der Waals surface area contributed by atoms with E-state index in [-0.39, 0.29) is 15.5 Å². The molecule has 12 heteroatoms. The van der Waals surface area contributed by atoms with Gasteiger partial charge in [-0.05, 0) is 24.3 Å². The number of nitro benzene ring substituents is 1. The van der Waals surface area contributed by atoms with E-state index in [0.717, 1.165) is 12.1 Å². The van der Waals surface area contributed by atoms with Crippen LogP contribution in [0.5, 0.6) is 0 Å². The SMILES string of the molecule is Nc1ccc(S(=O)(=O)CCO)cc1[N+](=O)[O-].O=S(=O)(O)c1ccccc1. The van der Waals surface area contributed by atoms with Gasteiger partial charge in [-0.3, -0.25) is 14.7 Å². The predicted molar refractivity (Wildman–Crippen MR) is 92.9 cm³/mol. The Hall–Kier alpha value is -2.54. The fourth-order valence-corrected chi connectivity index (χ4v) is 3.25. The van der Waals surface area contributed by atoms with Gasteiger partial charge >= 0.3 is 0 Å². The molecule has 2 rings (SSSR count). The summed E-state index contributed by atoms with van der Waals surface area (Å²) in [6.45, 7) is -0.541. The Morgan fingerprint density at radius 3 is 2.00 bits per heavy atom. The van der Waals surface area contributed by atoms with Crippen LogP contribution in [0.4, 0.5) is 11.4 Å². The lowest BCUT2D eigenvalue weighted by molar-refractivity contribution is -0.384. The molecule has 0 aliphatic rings. The van der Waals surface area contributed by atoms with Crippen LogP contribution in [0.15, 0.2) is 58.3 Å². The minimum Gasteiger partial charge on any atom is -0.395 e. The highest BCUT2D eigenvalue weighted by Crippen LogP contribution is 2.25. The van der Waals surface area contributed by atoms with E-state index in [0.29, 0.717) is 0 Å². The second-order valence-corrected chi connectivity index (χ2v) is 8.34. The van der Waals surface area contributed by atoms with E-state index in [1.165, 1.54) is 18.2 Å². The molecule has 0 aliphatic heterocycles. The van der Waals surface area contributed by atoms with Gasteiger partial charge in [0.2, 0.25) is 0 Å². The number of rotatable bonds is 5. The first-order valence-electron chi connectivity index (χ1n) is 6.89. The van der Waals surface area contributed by atoms with Crippen molar-refractivity contribution in [1.82, 2.24) is 0 Å². The van der Waals surface area contributed by atoms with Gasteiger partial charge in [0, 0.05) is 6.07 Å². The smallest absolute Gasteiger partial charge is 0.294 e. The largest absolute Gasteiger partial charge is 0.395 e. The van der Waals surface area contributed by atoms with Gasteiger partial charge < -0.3 is 10.8 Å². The molecule has 2 aromatic rings. The number of sulfone groups is 1. The maximum atomic E-state index is 11.5. The average molecular weight is 404 g/mol. The van der Waals surface area contributed by atoms with Gasteiger partial charge in [-0.1, -0.05) is 18.2 Å². The van der Waals surface area contributed by atoms with E-state index in [4.69, 9.17) is 15.4 Å². The number of aliphatic hydroxyl groups excluding tert-OH is 1. The second-order valence-electron chi connectivity index (χ2n) is 4.81. The summed E-state index contributed by atoms with van der Waals surface area (Å²) in [4.78, 5) is 9.49. The molecule has 0 atom stereocenters. The van der Waals surface area contributed by atoms with E-state index < -0.39 is 42.9 Å². The molecule has 0 unspecified atom stereocenters. The molecule has 0 amide bonds. The highest BCUT2D eigenvalue weighted by molar-refractivity contribution is 7.91. The molecule has 0 radical (unpaired) electrons. The molecule has 0 aliphatic carbocycles. The third kappa shape index (κ3) is 6.07. The predicted octanol–water partition coefficient (Wildman–Crippen LogP) is 0.876. The summed E-state index contributed by atoms with van der Waals surface area (Å²) < 4.78 is 52.2. The van der Waals surface area contributed by atoms with Crippen LogP contribution in [-0.4, -0.2) is 43.8 Å². The fraction of sp³-hybridized carbons (Fsp3) is 0.143. The Labute approximate surface area is 149 Å². The molecular formula is C14H16N2O8S2. The van der Waals surface area contributed by atoms with Crippen LogP contribution in [0.3, 0.4) is 0 Å². The second kappa shape index (κ2) is 8.71. The van der Waals surface area contributed by atoms with Crippen molar-refractivity contribution in [2.75, 3.05) is 18.1 Å². The number of nitrogen functional groups attached to an aromatic ring is 1. The zero-order valence-electron chi connectivity index (χ0n) is 13.2.